The van der Waals surface area contributed by atoms with Crippen molar-refractivity contribution in [2.24, 2.45) is 0 Å². The van der Waals surface area contributed by atoms with E-state index in [2.05, 4.69) is 10.3 Å². The van der Waals surface area contributed by atoms with Crippen LogP contribution >= 0.6 is 0 Å². The van der Waals surface area contributed by atoms with Crippen molar-refractivity contribution in [1.82, 2.24) is 4.98 Å². The Hall–Kier alpha value is -3.80. The molecule has 4 nitrogen and oxygen atoms in total. The molecule has 1 amide bonds. The van der Waals surface area contributed by atoms with Gasteiger partial charge in [-0.25, -0.2) is 13.8 Å². The van der Waals surface area contributed by atoms with Gasteiger partial charge < -0.3 is 9.73 Å². The van der Waals surface area contributed by atoms with E-state index in [1.165, 1.54) is 24.3 Å². The van der Waals surface area contributed by atoms with Gasteiger partial charge in [0.05, 0.1) is 5.92 Å². The molecule has 1 N–H and O–H groups in total. The first-order chi connectivity index (χ1) is 15.1. The molecule has 0 radical (unpaired) electrons. The lowest BCUT2D eigenvalue weighted by Gasteiger charge is -2.06. The molecule has 0 bridgehead atoms. The molecule has 0 fully saturated rings. The van der Waals surface area contributed by atoms with Crippen LogP contribution < -0.4 is 5.32 Å². The number of carbonyl (C=O) groups is 1. The standard InChI is InChI=1S/C25H18F2N2O2/c26-17-7-3-5-15(13-17)23-24(16-6-4-8-18(27)14-16)31-22(29-23)12-11-20-19-9-1-2-10-21(19)28-25(20)30/h1-10,13-14,20H,11-12H2,(H,28,30). The SMILES string of the molecule is O=C1Nc2ccccc2C1CCc1nc(-c2cccc(F)c2)c(-c2cccc(F)c2)o1. The highest BCUT2D eigenvalue weighted by atomic mass is 19.1. The summed E-state index contributed by atoms with van der Waals surface area (Å²) in [6.45, 7) is 0. The summed E-state index contributed by atoms with van der Waals surface area (Å²) in [5.74, 6) is -0.361. The topological polar surface area (TPSA) is 55.1 Å². The predicted octanol–water partition coefficient (Wildman–Crippen LogP) is 5.96. The van der Waals surface area contributed by atoms with Crippen molar-refractivity contribution in [3.05, 3.63) is 95.9 Å². The maximum atomic E-state index is 13.8. The minimum atomic E-state index is -0.403. The number of benzene rings is 3. The second kappa shape index (κ2) is 7.80. The van der Waals surface area contributed by atoms with Gasteiger partial charge in [-0.05, 0) is 42.3 Å². The van der Waals surface area contributed by atoms with E-state index in [9.17, 15) is 13.6 Å². The highest BCUT2D eigenvalue weighted by Crippen LogP contribution is 2.37. The van der Waals surface area contributed by atoms with E-state index >= 15 is 0 Å². The van der Waals surface area contributed by atoms with Crippen molar-refractivity contribution >= 4 is 11.6 Å². The molecule has 5 rings (SSSR count). The zero-order chi connectivity index (χ0) is 21.4. The summed E-state index contributed by atoms with van der Waals surface area (Å²) in [6.07, 6.45) is 0.915. The van der Waals surface area contributed by atoms with Gasteiger partial charge in [0.1, 0.15) is 17.3 Å². The molecule has 3 aromatic carbocycles. The number of halogens is 2. The number of anilines is 1. The van der Waals surface area contributed by atoms with E-state index in [1.54, 1.807) is 24.3 Å². The van der Waals surface area contributed by atoms with Gasteiger partial charge in [0.2, 0.25) is 5.91 Å². The summed E-state index contributed by atoms with van der Waals surface area (Å²) >= 11 is 0. The van der Waals surface area contributed by atoms with Gasteiger partial charge in [-0.3, -0.25) is 4.79 Å². The van der Waals surface area contributed by atoms with Gasteiger partial charge in [0.25, 0.3) is 0 Å². The Bertz CT molecular complexity index is 1220. The quantitative estimate of drug-likeness (QED) is 0.437. The molecular weight excluding hydrogens is 398 g/mol. The average Bonchev–Trinajstić information content (AvgIpc) is 3.33. The number of aryl methyl sites for hydroxylation is 1. The van der Waals surface area contributed by atoms with Crippen LogP contribution in [0.3, 0.4) is 0 Å². The molecule has 0 saturated carbocycles. The zero-order valence-corrected chi connectivity index (χ0v) is 16.4. The van der Waals surface area contributed by atoms with Gasteiger partial charge in [-0.15, -0.1) is 0 Å². The lowest BCUT2D eigenvalue weighted by molar-refractivity contribution is -0.117. The minimum Gasteiger partial charge on any atom is -0.440 e. The molecule has 6 heteroatoms. The first-order valence-corrected chi connectivity index (χ1v) is 10.00. The van der Waals surface area contributed by atoms with Gasteiger partial charge >= 0.3 is 0 Å². The number of oxazole rings is 1. The van der Waals surface area contributed by atoms with Crippen LogP contribution in [0.15, 0.2) is 77.2 Å². The molecule has 1 aliphatic rings. The Morgan fingerprint density at radius 1 is 0.903 bits per heavy atom. The summed E-state index contributed by atoms with van der Waals surface area (Å²) in [5, 5.41) is 2.89. The van der Waals surface area contributed by atoms with Crippen molar-refractivity contribution in [3.8, 4) is 22.6 Å². The maximum Gasteiger partial charge on any atom is 0.232 e. The third-order valence-electron chi connectivity index (χ3n) is 5.41. The molecule has 0 saturated heterocycles. The molecule has 1 atom stereocenters. The summed E-state index contributed by atoms with van der Waals surface area (Å²) in [5.41, 5.74) is 3.28. The summed E-state index contributed by atoms with van der Waals surface area (Å²) in [6, 6.07) is 19.6. The molecule has 0 spiro atoms. The first kappa shape index (κ1) is 19.2. The highest BCUT2D eigenvalue weighted by Gasteiger charge is 2.30. The molecule has 1 aliphatic heterocycles. The number of aromatic nitrogens is 1. The molecule has 0 aliphatic carbocycles. The summed E-state index contributed by atoms with van der Waals surface area (Å²) in [7, 11) is 0. The van der Waals surface area contributed by atoms with Crippen molar-refractivity contribution in [1.29, 1.82) is 0 Å². The third kappa shape index (κ3) is 3.72. The second-order valence-corrected chi connectivity index (χ2v) is 7.47. The second-order valence-electron chi connectivity index (χ2n) is 7.47. The number of para-hydroxylation sites is 1. The first-order valence-electron chi connectivity index (χ1n) is 10.00. The molecule has 154 valence electrons. The molecule has 1 unspecified atom stereocenters. The molecule has 1 aromatic heterocycles. The van der Waals surface area contributed by atoms with Crippen LogP contribution in [0.2, 0.25) is 0 Å². The fourth-order valence-electron chi connectivity index (χ4n) is 3.96. The van der Waals surface area contributed by atoms with Crippen molar-refractivity contribution in [2.75, 3.05) is 5.32 Å². The maximum absolute atomic E-state index is 13.8. The number of nitrogens with zero attached hydrogens (tertiary/aromatic N) is 1. The number of nitrogens with one attached hydrogen (secondary N) is 1. The van der Waals surface area contributed by atoms with Crippen molar-refractivity contribution < 1.29 is 18.0 Å². The van der Waals surface area contributed by atoms with Crippen molar-refractivity contribution in [3.63, 3.8) is 0 Å². The number of rotatable bonds is 5. The number of carbonyl (C=O) groups excluding carboxylic acids is 1. The average molecular weight is 416 g/mol. The van der Waals surface area contributed by atoms with Crippen LogP contribution in [-0.4, -0.2) is 10.9 Å². The zero-order valence-electron chi connectivity index (χ0n) is 16.4. The molecule has 4 aromatic rings. The number of fused-ring (bicyclic) bond motifs is 1. The molecular formula is C25H18F2N2O2. The fourth-order valence-corrected chi connectivity index (χ4v) is 3.96. The Labute approximate surface area is 177 Å². The van der Waals surface area contributed by atoms with Gasteiger partial charge in [-0.2, -0.15) is 0 Å². The summed E-state index contributed by atoms with van der Waals surface area (Å²) < 4.78 is 33.7. The number of hydrogen-bond donors (Lipinski definition) is 1. The molecule has 31 heavy (non-hydrogen) atoms. The minimum absolute atomic E-state index is 0.0523. The van der Waals surface area contributed by atoms with E-state index in [0.717, 1.165) is 11.3 Å². The van der Waals surface area contributed by atoms with Crippen LogP contribution in [0.4, 0.5) is 14.5 Å². The van der Waals surface area contributed by atoms with Gasteiger partial charge in [-0.1, -0.05) is 42.5 Å². The number of hydrogen-bond acceptors (Lipinski definition) is 3. The van der Waals surface area contributed by atoms with E-state index in [0.29, 0.717) is 41.3 Å². The van der Waals surface area contributed by atoms with Gasteiger partial charge in [0.15, 0.2) is 11.7 Å². The predicted molar refractivity (Wildman–Crippen MR) is 113 cm³/mol. The lowest BCUT2D eigenvalue weighted by Crippen LogP contribution is -2.12. The Kier molecular flexibility index (Phi) is 4.82. The van der Waals surface area contributed by atoms with Crippen molar-refractivity contribution in [2.45, 2.75) is 18.8 Å². The molecule has 2 heterocycles. The Morgan fingerprint density at radius 2 is 1.61 bits per heavy atom. The van der Waals surface area contributed by atoms with Crippen LogP contribution in [0, 0.1) is 11.6 Å². The van der Waals surface area contributed by atoms with Crippen LogP contribution in [0.1, 0.15) is 23.8 Å². The van der Waals surface area contributed by atoms with E-state index in [1.807, 2.05) is 24.3 Å². The lowest BCUT2D eigenvalue weighted by atomic mass is 9.96. The summed E-state index contributed by atoms with van der Waals surface area (Å²) in [4.78, 5) is 17.0. The Balaban J connectivity index is 1.49. The van der Waals surface area contributed by atoms with E-state index in [-0.39, 0.29) is 11.8 Å². The van der Waals surface area contributed by atoms with Gasteiger partial charge in [0, 0.05) is 23.2 Å². The monoisotopic (exact) mass is 416 g/mol. The van der Waals surface area contributed by atoms with E-state index < -0.39 is 11.6 Å². The third-order valence-corrected chi connectivity index (χ3v) is 5.41. The fraction of sp³-hybridized carbons (Fsp3) is 0.120. The number of amides is 1. The normalized spacial score (nSPS) is 15.0. The Morgan fingerprint density at radius 3 is 2.39 bits per heavy atom. The smallest absolute Gasteiger partial charge is 0.232 e. The largest absolute Gasteiger partial charge is 0.440 e. The van der Waals surface area contributed by atoms with Crippen LogP contribution in [0.5, 0.6) is 0 Å². The van der Waals surface area contributed by atoms with Crippen LogP contribution in [-0.2, 0) is 11.2 Å². The van der Waals surface area contributed by atoms with E-state index in [4.69, 9.17) is 4.42 Å². The van der Waals surface area contributed by atoms with Crippen LogP contribution in [0.25, 0.3) is 22.6 Å². The highest BCUT2D eigenvalue weighted by molar-refractivity contribution is 6.02.